The Hall–Kier alpha value is -2.08. The summed E-state index contributed by atoms with van der Waals surface area (Å²) < 4.78 is 24.6. The standard InChI is InChI=1S/C17H17BrFNO3/c1-10-7-11(9-15(19)17(21)22-2)8-14(18)16(10)23-13-5-3-12(20)4-6-13/h3-8,15H,9,20H2,1-2H3. The van der Waals surface area contributed by atoms with Gasteiger partial charge in [-0.1, -0.05) is 6.07 Å². The number of nitrogen functional groups attached to an aromatic ring is 1. The number of anilines is 1. The summed E-state index contributed by atoms with van der Waals surface area (Å²) >= 11 is 3.43. The van der Waals surface area contributed by atoms with Crippen LogP contribution in [0.5, 0.6) is 11.5 Å². The molecule has 0 aliphatic heterocycles. The molecule has 23 heavy (non-hydrogen) atoms. The number of aryl methyl sites for hydroxylation is 1. The zero-order chi connectivity index (χ0) is 17.0. The molecule has 1 unspecified atom stereocenters. The third-order valence-electron chi connectivity index (χ3n) is 3.26. The lowest BCUT2D eigenvalue weighted by Crippen LogP contribution is -2.19. The molecule has 0 saturated heterocycles. The zero-order valence-electron chi connectivity index (χ0n) is 12.8. The number of halogens is 2. The van der Waals surface area contributed by atoms with E-state index in [1.807, 2.05) is 6.92 Å². The molecule has 2 aromatic carbocycles. The van der Waals surface area contributed by atoms with Gasteiger partial charge in [0.2, 0.25) is 6.17 Å². The molecule has 2 aromatic rings. The van der Waals surface area contributed by atoms with Crippen LogP contribution in [0, 0.1) is 6.92 Å². The Morgan fingerprint density at radius 1 is 1.30 bits per heavy atom. The van der Waals surface area contributed by atoms with Crippen LogP contribution >= 0.6 is 15.9 Å². The number of benzene rings is 2. The smallest absolute Gasteiger partial charge is 0.340 e. The van der Waals surface area contributed by atoms with Gasteiger partial charge in [-0.3, -0.25) is 0 Å². The molecule has 0 radical (unpaired) electrons. The van der Waals surface area contributed by atoms with Crippen LogP contribution in [0.15, 0.2) is 40.9 Å². The molecule has 6 heteroatoms. The highest BCUT2D eigenvalue weighted by molar-refractivity contribution is 9.10. The molecule has 122 valence electrons. The molecule has 0 aliphatic carbocycles. The summed E-state index contributed by atoms with van der Waals surface area (Å²) in [6, 6.07) is 10.5. The molecule has 0 spiro atoms. The number of carbonyl (C=O) groups excluding carboxylic acids is 1. The molecule has 2 rings (SSSR count). The van der Waals surface area contributed by atoms with Gasteiger partial charge in [-0.25, -0.2) is 9.18 Å². The van der Waals surface area contributed by atoms with Crippen molar-refractivity contribution in [1.29, 1.82) is 0 Å². The predicted octanol–water partition coefficient (Wildman–Crippen LogP) is 4.19. The van der Waals surface area contributed by atoms with E-state index >= 15 is 0 Å². The van der Waals surface area contributed by atoms with Gasteiger partial charge in [-0.05, 0) is 64.3 Å². The number of esters is 1. The van der Waals surface area contributed by atoms with Gasteiger partial charge in [-0.2, -0.15) is 0 Å². The Bertz CT molecular complexity index is 680. The number of nitrogens with two attached hydrogens (primary N) is 1. The molecular formula is C17H17BrFNO3. The maximum Gasteiger partial charge on any atom is 0.340 e. The SMILES string of the molecule is COC(=O)C(F)Cc1cc(C)c(Oc2ccc(N)cc2)c(Br)c1. The second-order valence-corrected chi connectivity index (χ2v) is 5.94. The van der Waals surface area contributed by atoms with Gasteiger partial charge in [0, 0.05) is 12.1 Å². The average molecular weight is 382 g/mol. The van der Waals surface area contributed by atoms with E-state index in [1.54, 1.807) is 36.4 Å². The van der Waals surface area contributed by atoms with E-state index in [4.69, 9.17) is 10.5 Å². The lowest BCUT2D eigenvalue weighted by Gasteiger charge is -2.14. The van der Waals surface area contributed by atoms with E-state index in [2.05, 4.69) is 20.7 Å². The molecule has 0 heterocycles. The van der Waals surface area contributed by atoms with Crippen molar-refractivity contribution in [3.63, 3.8) is 0 Å². The van der Waals surface area contributed by atoms with Crippen molar-refractivity contribution in [1.82, 2.24) is 0 Å². The minimum absolute atomic E-state index is 0.0474. The summed E-state index contributed by atoms with van der Waals surface area (Å²) in [5.41, 5.74) is 7.80. The first kappa shape index (κ1) is 17.3. The van der Waals surface area contributed by atoms with Crippen LogP contribution in [0.4, 0.5) is 10.1 Å². The number of ether oxygens (including phenoxy) is 2. The van der Waals surface area contributed by atoms with Crippen molar-refractivity contribution in [2.24, 2.45) is 0 Å². The van der Waals surface area contributed by atoms with Crippen LogP contribution < -0.4 is 10.5 Å². The first-order valence-corrected chi connectivity index (χ1v) is 7.74. The van der Waals surface area contributed by atoms with E-state index in [1.165, 1.54) is 7.11 Å². The van der Waals surface area contributed by atoms with Crippen LogP contribution in [0.2, 0.25) is 0 Å². The van der Waals surface area contributed by atoms with Crippen molar-refractivity contribution in [2.45, 2.75) is 19.5 Å². The molecule has 0 aliphatic rings. The third-order valence-corrected chi connectivity index (χ3v) is 3.85. The van der Waals surface area contributed by atoms with Crippen molar-refractivity contribution < 1.29 is 18.7 Å². The summed E-state index contributed by atoms with van der Waals surface area (Å²) in [5.74, 6) is 0.404. The number of methoxy groups -OCH3 is 1. The fourth-order valence-electron chi connectivity index (χ4n) is 2.12. The maximum absolute atomic E-state index is 13.7. The molecule has 0 amide bonds. The lowest BCUT2D eigenvalue weighted by atomic mass is 10.1. The van der Waals surface area contributed by atoms with Crippen LogP contribution in [-0.4, -0.2) is 19.3 Å². The fourth-order valence-corrected chi connectivity index (χ4v) is 2.81. The Morgan fingerprint density at radius 3 is 2.52 bits per heavy atom. The van der Waals surface area contributed by atoms with Gasteiger partial charge < -0.3 is 15.2 Å². The summed E-state index contributed by atoms with van der Waals surface area (Å²) in [7, 11) is 1.17. The molecule has 0 bridgehead atoms. The first-order valence-electron chi connectivity index (χ1n) is 6.95. The highest BCUT2D eigenvalue weighted by Crippen LogP contribution is 2.34. The van der Waals surface area contributed by atoms with E-state index < -0.39 is 12.1 Å². The van der Waals surface area contributed by atoms with E-state index in [0.717, 1.165) is 5.56 Å². The van der Waals surface area contributed by atoms with Gasteiger partial charge in [-0.15, -0.1) is 0 Å². The number of alkyl halides is 1. The number of hydrogen-bond acceptors (Lipinski definition) is 4. The van der Waals surface area contributed by atoms with Gasteiger partial charge in [0.05, 0.1) is 11.6 Å². The molecule has 0 fully saturated rings. The van der Waals surface area contributed by atoms with E-state index in [9.17, 15) is 9.18 Å². The van der Waals surface area contributed by atoms with Gasteiger partial charge >= 0.3 is 5.97 Å². The van der Waals surface area contributed by atoms with Gasteiger partial charge in [0.1, 0.15) is 11.5 Å². The molecule has 1 atom stereocenters. The second-order valence-electron chi connectivity index (χ2n) is 5.09. The topological polar surface area (TPSA) is 61.5 Å². The molecule has 0 saturated carbocycles. The molecule has 2 N–H and O–H groups in total. The van der Waals surface area contributed by atoms with Crippen molar-refractivity contribution in [3.8, 4) is 11.5 Å². The van der Waals surface area contributed by atoms with E-state index in [-0.39, 0.29) is 6.42 Å². The van der Waals surface area contributed by atoms with Crippen LogP contribution in [0.3, 0.4) is 0 Å². The largest absolute Gasteiger partial charge is 0.467 e. The van der Waals surface area contributed by atoms with Gasteiger partial charge in [0.25, 0.3) is 0 Å². The second kappa shape index (κ2) is 7.46. The summed E-state index contributed by atoms with van der Waals surface area (Å²) in [5, 5.41) is 0. The van der Waals surface area contributed by atoms with E-state index in [0.29, 0.717) is 27.2 Å². The predicted molar refractivity (Wildman–Crippen MR) is 90.4 cm³/mol. The van der Waals surface area contributed by atoms with Crippen LogP contribution in [0.25, 0.3) is 0 Å². The zero-order valence-corrected chi connectivity index (χ0v) is 14.4. The van der Waals surface area contributed by atoms with Gasteiger partial charge in [0.15, 0.2) is 0 Å². The fraction of sp³-hybridized carbons (Fsp3) is 0.235. The van der Waals surface area contributed by atoms with Crippen molar-refractivity contribution in [3.05, 3.63) is 52.0 Å². The highest BCUT2D eigenvalue weighted by atomic mass is 79.9. The number of rotatable bonds is 5. The van der Waals surface area contributed by atoms with Crippen molar-refractivity contribution >= 4 is 27.6 Å². The first-order chi connectivity index (χ1) is 10.9. The minimum Gasteiger partial charge on any atom is -0.467 e. The quantitative estimate of drug-likeness (QED) is 0.623. The molecule has 4 nitrogen and oxygen atoms in total. The Labute approximate surface area is 142 Å². The lowest BCUT2D eigenvalue weighted by molar-refractivity contribution is -0.146. The Kier molecular flexibility index (Phi) is 5.60. The Balaban J connectivity index is 2.20. The third kappa shape index (κ3) is 4.45. The molecular weight excluding hydrogens is 365 g/mol. The molecule has 0 aromatic heterocycles. The number of carbonyl (C=O) groups is 1. The summed E-state index contributed by atoms with van der Waals surface area (Å²) in [6.07, 6.45) is -1.73. The van der Waals surface area contributed by atoms with Crippen LogP contribution in [-0.2, 0) is 16.0 Å². The summed E-state index contributed by atoms with van der Waals surface area (Å²) in [6.45, 7) is 1.85. The van der Waals surface area contributed by atoms with Crippen LogP contribution in [0.1, 0.15) is 11.1 Å². The monoisotopic (exact) mass is 381 g/mol. The minimum atomic E-state index is -1.69. The highest BCUT2D eigenvalue weighted by Gasteiger charge is 2.19. The normalized spacial score (nSPS) is 11.8. The average Bonchev–Trinajstić information content (AvgIpc) is 2.51. The maximum atomic E-state index is 13.7. The Morgan fingerprint density at radius 2 is 1.96 bits per heavy atom. The summed E-state index contributed by atoms with van der Waals surface area (Å²) in [4.78, 5) is 11.2. The number of hydrogen-bond donors (Lipinski definition) is 1. The van der Waals surface area contributed by atoms with Crippen molar-refractivity contribution in [2.75, 3.05) is 12.8 Å².